The summed E-state index contributed by atoms with van der Waals surface area (Å²) in [6.07, 6.45) is 3.80. The Kier molecular flexibility index (Phi) is 4.96. The van der Waals surface area contributed by atoms with E-state index in [4.69, 9.17) is 5.11 Å². The van der Waals surface area contributed by atoms with Gasteiger partial charge in [0.2, 0.25) is 5.91 Å². The van der Waals surface area contributed by atoms with Gasteiger partial charge in [-0.25, -0.2) is 8.78 Å². The molecule has 17 heavy (non-hydrogen) atoms. The van der Waals surface area contributed by atoms with E-state index >= 15 is 0 Å². The maximum atomic E-state index is 12.6. The first kappa shape index (κ1) is 13.5. The Bertz CT molecular complexity index is 358. The number of nitrogens with zero attached hydrogens (tertiary/aromatic N) is 1. The molecule has 0 fully saturated rings. The summed E-state index contributed by atoms with van der Waals surface area (Å²) >= 11 is 0. The van der Waals surface area contributed by atoms with Crippen molar-refractivity contribution in [1.29, 1.82) is 0 Å². The molecule has 4 nitrogen and oxygen atoms in total. The molecule has 0 aliphatic heterocycles. The van der Waals surface area contributed by atoms with Gasteiger partial charge in [-0.1, -0.05) is 6.07 Å². The van der Waals surface area contributed by atoms with E-state index in [1.54, 1.807) is 18.5 Å². The van der Waals surface area contributed by atoms with Gasteiger partial charge in [-0.05, 0) is 18.1 Å². The summed E-state index contributed by atoms with van der Waals surface area (Å²) < 4.78 is 25.2. The van der Waals surface area contributed by atoms with Crippen LogP contribution in [0.1, 0.15) is 12.0 Å². The molecule has 6 heteroatoms. The molecule has 94 valence electrons. The number of hydrogen-bond acceptors (Lipinski definition) is 3. The van der Waals surface area contributed by atoms with Gasteiger partial charge in [0.25, 0.3) is 5.92 Å². The van der Waals surface area contributed by atoms with Crippen molar-refractivity contribution in [3.63, 3.8) is 0 Å². The molecule has 0 bridgehead atoms. The van der Waals surface area contributed by atoms with Crippen LogP contribution in [0.4, 0.5) is 8.78 Å². The van der Waals surface area contributed by atoms with Crippen molar-refractivity contribution < 1.29 is 18.7 Å². The van der Waals surface area contributed by atoms with Crippen molar-refractivity contribution in [1.82, 2.24) is 10.3 Å². The fourth-order valence-corrected chi connectivity index (χ4v) is 1.18. The van der Waals surface area contributed by atoms with Crippen LogP contribution >= 0.6 is 0 Å². The average Bonchev–Trinajstić information content (AvgIpc) is 2.35. The van der Waals surface area contributed by atoms with E-state index < -0.39 is 25.0 Å². The second-order valence-electron chi connectivity index (χ2n) is 3.65. The second kappa shape index (κ2) is 6.24. The molecular formula is C11H14F2N2O2. The van der Waals surface area contributed by atoms with E-state index in [1.165, 1.54) is 0 Å². The zero-order valence-corrected chi connectivity index (χ0v) is 9.20. The van der Waals surface area contributed by atoms with E-state index in [2.05, 4.69) is 10.3 Å². The van der Waals surface area contributed by atoms with E-state index in [1.807, 2.05) is 6.07 Å². The summed E-state index contributed by atoms with van der Waals surface area (Å²) in [7, 11) is 0. The summed E-state index contributed by atoms with van der Waals surface area (Å²) in [5.74, 6) is -3.73. The number of pyridine rings is 1. The van der Waals surface area contributed by atoms with E-state index in [0.717, 1.165) is 5.56 Å². The molecule has 1 heterocycles. The van der Waals surface area contributed by atoms with E-state index in [-0.39, 0.29) is 6.42 Å². The van der Waals surface area contributed by atoms with Crippen LogP contribution in [0, 0.1) is 0 Å². The second-order valence-corrected chi connectivity index (χ2v) is 3.65. The number of aliphatic hydroxyl groups is 1. The molecule has 2 N–H and O–H groups in total. The minimum atomic E-state index is -3.26. The monoisotopic (exact) mass is 244 g/mol. The van der Waals surface area contributed by atoms with Crippen LogP contribution in [-0.2, 0) is 11.2 Å². The van der Waals surface area contributed by atoms with Crippen molar-refractivity contribution in [2.24, 2.45) is 0 Å². The van der Waals surface area contributed by atoms with Crippen molar-refractivity contribution in [2.75, 3.05) is 13.2 Å². The highest BCUT2D eigenvalue weighted by Gasteiger charge is 2.27. The van der Waals surface area contributed by atoms with Crippen LogP contribution in [0.3, 0.4) is 0 Å². The third-order valence-corrected chi connectivity index (χ3v) is 2.14. The van der Waals surface area contributed by atoms with Gasteiger partial charge in [0.15, 0.2) is 0 Å². The van der Waals surface area contributed by atoms with E-state index in [0.29, 0.717) is 6.42 Å². The minimum Gasteiger partial charge on any atom is -0.390 e. The fraction of sp³-hybridized carbons (Fsp3) is 0.455. The van der Waals surface area contributed by atoms with Crippen LogP contribution in [-0.4, -0.2) is 35.1 Å². The Hall–Kier alpha value is -1.56. The largest absolute Gasteiger partial charge is 0.390 e. The predicted molar refractivity (Wildman–Crippen MR) is 57.6 cm³/mol. The fourth-order valence-electron chi connectivity index (χ4n) is 1.18. The predicted octanol–water partition coefficient (Wildman–Crippen LogP) is 0.758. The molecule has 0 radical (unpaired) electrons. The molecule has 0 saturated heterocycles. The highest BCUT2D eigenvalue weighted by molar-refractivity contribution is 5.76. The molecule has 0 aromatic carbocycles. The van der Waals surface area contributed by atoms with Crippen molar-refractivity contribution in [3.05, 3.63) is 30.1 Å². The summed E-state index contributed by atoms with van der Waals surface area (Å²) in [5.41, 5.74) is 0.872. The van der Waals surface area contributed by atoms with E-state index in [9.17, 15) is 13.6 Å². The maximum absolute atomic E-state index is 12.6. The van der Waals surface area contributed by atoms with Crippen LogP contribution in [0.15, 0.2) is 24.5 Å². The Labute approximate surface area is 97.7 Å². The van der Waals surface area contributed by atoms with Gasteiger partial charge >= 0.3 is 0 Å². The lowest BCUT2D eigenvalue weighted by atomic mass is 10.1. The minimum absolute atomic E-state index is 0.118. The summed E-state index contributed by atoms with van der Waals surface area (Å²) in [6.45, 7) is -2.11. The Morgan fingerprint density at radius 3 is 2.88 bits per heavy atom. The Morgan fingerprint density at radius 2 is 2.29 bits per heavy atom. The number of carbonyl (C=O) groups is 1. The first-order chi connectivity index (χ1) is 8.03. The smallest absolute Gasteiger partial charge is 0.287 e. The molecule has 0 saturated carbocycles. The maximum Gasteiger partial charge on any atom is 0.287 e. The van der Waals surface area contributed by atoms with Crippen LogP contribution in [0.25, 0.3) is 0 Å². The number of halogens is 2. The number of rotatable bonds is 6. The lowest BCUT2D eigenvalue weighted by Crippen LogP contribution is -2.39. The number of hydrogen-bond donors (Lipinski definition) is 2. The van der Waals surface area contributed by atoms with Gasteiger partial charge in [-0.15, -0.1) is 0 Å². The molecule has 0 spiro atoms. The molecular weight excluding hydrogens is 230 g/mol. The van der Waals surface area contributed by atoms with Crippen molar-refractivity contribution in [2.45, 2.75) is 18.8 Å². The summed E-state index contributed by atoms with van der Waals surface area (Å²) in [5, 5.41) is 10.4. The van der Waals surface area contributed by atoms with Gasteiger partial charge in [-0.3, -0.25) is 9.78 Å². The molecule has 1 rings (SSSR count). The normalized spacial score (nSPS) is 11.2. The number of amides is 1. The number of aliphatic hydroxyl groups excluding tert-OH is 1. The first-order valence-corrected chi connectivity index (χ1v) is 5.18. The highest BCUT2D eigenvalue weighted by Crippen LogP contribution is 2.09. The third kappa shape index (κ3) is 5.35. The number of aryl methyl sites for hydroxylation is 1. The molecule has 1 aromatic rings. The van der Waals surface area contributed by atoms with Gasteiger partial charge in [-0.2, -0.15) is 0 Å². The molecule has 1 aromatic heterocycles. The van der Waals surface area contributed by atoms with Crippen LogP contribution in [0.2, 0.25) is 0 Å². The number of nitrogens with one attached hydrogen (secondary N) is 1. The lowest BCUT2D eigenvalue weighted by Gasteiger charge is -2.13. The molecule has 0 aliphatic carbocycles. The zero-order chi connectivity index (χ0) is 12.7. The van der Waals surface area contributed by atoms with Crippen molar-refractivity contribution >= 4 is 5.91 Å². The topological polar surface area (TPSA) is 62.2 Å². The standard InChI is InChI=1S/C11H14F2N2O2/c12-11(13,8-16)7-15-10(17)4-3-9-2-1-5-14-6-9/h1-2,5-6,16H,3-4,7-8H2,(H,15,17). The highest BCUT2D eigenvalue weighted by atomic mass is 19.3. The van der Waals surface area contributed by atoms with Gasteiger partial charge in [0, 0.05) is 18.8 Å². The summed E-state index contributed by atoms with van der Waals surface area (Å²) in [4.78, 5) is 15.1. The molecule has 0 aliphatic rings. The average molecular weight is 244 g/mol. The summed E-state index contributed by atoms with van der Waals surface area (Å²) in [6, 6.07) is 3.55. The zero-order valence-electron chi connectivity index (χ0n) is 9.20. The number of carbonyl (C=O) groups excluding carboxylic acids is 1. The molecule has 0 atom stereocenters. The lowest BCUT2D eigenvalue weighted by molar-refractivity contribution is -0.124. The van der Waals surface area contributed by atoms with Crippen LogP contribution < -0.4 is 5.32 Å². The van der Waals surface area contributed by atoms with Gasteiger partial charge < -0.3 is 10.4 Å². The van der Waals surface area contributed by atoms with Crippen molar-refractivity contribution in [3.8, 4) is 0 Å². The molecule has 1 amide bonds. The van der Waals surface area contributed by atoms with Gasteiger partial charge in [0.05, 0.1) is 6.54 Å². The first-order valence-electron chi connectivity index (χ1n) is 5.18. The number of alkyl halides is 2. The Balaban J connectivity index is 2.27. The SMILES string of the molecule is O=C(CCc1cccnc1)NCC(F)(F)CO. The quantitative estimate of drug-likeness (QED) is 0.776. The number of aromatic nitrogens is 1. The van der Waals surface area contributed by atoms with Crippen LogP contribution in [0.5, 0.6) is 0 Å². The third-order valence-electron chi connectivity index (χ3n) is 2.14. The van der Waals surface area contributed by atoms with Gasteiger partial charge in [0.1, 0.15) is 6.61 Å². The molecule has 0 unspecified atom stereocenters. The Morgan fingerprint density at radius 1 is 1.53 bits per heavy atom.